The Labute approximate surface area is 318 Å². The summed E-state index contributed by atoms with van der Waals surface area (Å²) in [6.45, 7) is 4.96. The van der Waals surface area contributed by atoms with Gasteiger partial charge in [0.1, 0.15) is 13.7 Å². The number of rotatable bonds is 3. The van der Waals surface area contributed by atoms with E-state index in [1.807, 2.05) is 12.1 Å². The predicted molar refractivity (Wildman–Crippen MR) is 232 cm³/mol. The third kappa shape index (κ3) is 4.33. The van der Waals surface area contributed by atoms with Crippen molar-refractivity contribution in [2.75, 3.05) is 0 Å². The molecular weight excluding hydrogens is 687 g/mol. The number of hydrogen-bond donors (Lipinski definition) is 0. The lowest BCUT2D eigenvalue weighted by Crippen LogP contribution is -2.49. The first-order chi connectivity index (χ1) is 27.0. The number of nitrogens with zero attached hydrogens (tertiary/aromatic N) is 3. The first-order valence-corrected chi connectivity index (χ1v) is 21.9. The second-order valence-corrected chi connectivity index (χ2v) is 19.7. The Bertz CT molecular complexity index is 3410. The van der Waals surface area contributed by atoms with Gasteiger partial charge in [0.2, 0.25) is 11.7 Å². The van der Waals surface area contributed by atoms with E-state index in [1.165, 1.54) is 59.6 Å². The third-order valence-corrected chi connectivity index (χ3v) is 15.5. The van der Waals surface area contributed by atoms with E-state index in [0.717, 1.165) is 44.0 Å². The fraction of sp³-hybridized carbons (Fsp3) is 0.0400. The van der Waals surface area contributed by atoms with E-state index in [2.05, 4.69) is 169 Å². The van der Waals surface area contributed by atoms with Crippen molar-refractivity contribution in [3.05, 3.63) is 164 Å². The summed E-state index contributed by atoms with van der Waals surface area (Å²) in [6.07, 6.45) is 0. The van der Waals surface area contributed by atoms with Crippen molar-refractivity contribution in [2.24, 2.45) is 0 Å². The maximum Gasteiger partial charge on any atom is 0.238 e. The van der Waals surface area contributed by atoms with E-state index in [9.17, 15) is 0 Å². The summed E-state index contributed by atoms with van der Waals surface area (Å²) >= 11 is 0. The summed E-state index contributed by atoms with van der Waals surface area (Å²) in [5.74, 6) is 0.592. The molecule has 3 aromatic heterocycles. The molecule has 0 radical (unpaired) electrons. The molecule has 0 saturated heterocycles. The number of aromatic nitrogens is 3. The van der Waals surface area contributed by atoms with Gasteiger partial charge in [-0.3, -0.25) is 4.57 Å². The van der Waals surface area contributed by atoms with Crippen molar-refractivity contribution in [1.82, 2.24) is 14.5 Å². The largest absolute Gasteiger partial charge is 0.437 e. The lowest BCUT2D eigenvalue weighted by Gasteiger charge is -2.18. The summed E-state index contributed by atoms with van der Waals surface area (Å²) < 4.78 is 8.81. The van der Waals surface area contributed by atoms with Crippen molar-refractivity contribution in [1.29, 1.82) is 0 Å². The molecule has 0 saturated carbocycles. The molecule has 0 bridgehead atoms. The number of furan rings is 1. The Morgan fingerprint density at radius 2 is 1.20 bits per heavy atom. The van der Waals surface area contributed by atoms with Gasteiger partial charge in [-0.2, -0.15) is 4.98 Å². The zero-order chi connectivity index (χ0) is 36.4. The van der Waals surface area contributed by atoms with E-state index in [0.29, 0.717) is 11.7 Å². The van der Waals surface area contributed by atoms with Crippen LogP contribution in [0, 0.1) is 0 Å². The van der Waals surface area contributed by atoms with E-state index in [1.54, 1.807) is 0 Å². The quantitative estimate of drug-likeness (QED) is 0.171. The van der Waals surface area contributed by atoms with Gasteiger partial charge in [0, 0.05) is 21.7 Å². The predicted octanol–water partition coefficient (Wildman–Crippen LogP) is 11.9. The number of para-hydroxylation sites is 2. The number of fused-ring (bicyclic) bond motifs is 12. The first-order valence-electron chi connectivity index (χ1n) is 18.9. The van der Waals surface area contributed by atoms with Crippen molar-refractivity contribution < 1.29 is 4.42 Å². The minimum atomic E-state index is -1.85. The molecule has 258 valence electrons. The molecule has 1 aliphatic heterocycles. The van der Waals surface area contributed by atoms with Gasteiger partial charge in [-0.25, -0.2) is 4.98 Å². The molecule has 55 heavy (non-hydrogen) atoms. The van der Waals surface area contributed by atoms with Gasteiger partial charge in [0.05, 0.1) is 22.1 Å². The Morgan fingerprint density at radius 1 is 0.491 bits per heavy atom. The van der Waals surface area contributed by atoms with Crippen LogP contribution in [0.3, 0.4) is 0 Å². The summed E-state index contributed by atoms with van der Waals surface area (Å²) in [5.41, 5.74) is 10.6. The molecule has 0 aliphatic carbocycles. The van der Waals surface area contributed by atoms with Gasteiger partial charge in [-0.15, -0.1) is 0 Å². The van der Waals surface area contributed by atoms with Crippen LogP contribution >= 0.6 is 0 Å². The Balaban J connectivity index is 1.14. The molecular formula is C50H33N3OSi. The lowest BCUT2D eigenvalue weighted by atomic mass is 9.97. The molecule has 4 heterocycles. The summed E-state index contributed by atoms with van der Waals surface area (Å²) in [4.78, 5) is 10.8. The molecule has 0 atom stereocenters. The average Bonchev–Trinajstić information content (AvgIpc) is 3.84. The van der Waals surface area contributed by atoms with Crippen LogP contribution in [0.25, 0.3) is 105 Å². The topological polar surface area (TPSA) is 43.9 Å². The van der Waals surface area contributed by atoms with E-state index < -0.39 is 8.07 Å². The zero-order valence-corrected chi connectivity index (χ0v) is 31.3. The second-order valence-electron chi connectivity index (χ2n) is 15.4. The second kappa shape index (κ2) is 11.1. The zero-order valence-electron chi connectivity index (χ0n) is 30.3. The molecule has 0 N–H and O–H groups in total. The minimum Gasteiger partial charge on any atom is -0.437 e. The molecule has 0 unspecified atom stereocenters. The van der Waals surface area contributed by atoms with Gasteiger partial charge >= 0.3 is 0 Å². The fourth-order valence-electron chi connectivity index (χ4n) is 9.33. The van der Waals surface area contributed by atoms with Crippen LogP contribution in [0.1, 0.15) is 0 Å². The maximum absolute atomic E-state index is 6.56. The molecule has 11 aromatic rings. The molecule has 0 amide bonds. The smallest absolute Gasteiger partial charge is 0.238 e. The van der Waals surface area contributed by atoms with E-state index in [-0.39, 0.29) is 0 Å². The van der Waals surface area contributed by atoms with Crippen LogP contribution in [0.4, 0.5) is 0 Å². The van der Waals surface area contributed by atoms with E-state index >= 15 is 0 Å². The highest BCUT2D eigenvalue weighted by molar-refractivity contribution is 7.04. The molecule has 0 spiro atoms. The van der Waals surface area contributed by atoms with Gasteiger partial charge < -0.3 is 4.42 Å². The summed E-state index contributed by atoms with van der Waals surface area (Å²) in [7, 11) is -1.85. The first kappa shape index (κ1) is 30.6. The normalized spacial score (nSPS) is 13.4. The molecule has 5 heteroatoms. The highest BCUT2D eigenvalue weighted by atomic mass is 28.3. The average molecular weight is 720 g/mol. The Morgan fingerprint density at radius 3 is 2.07 bits per heavy atom. The monoisotopic (exact) mass is 719 g/mol. The van der Waals surface area contributed by atoms with Crippen LogP contribution in [0.15, 0.2) is 168 Å². The van der Waals surface area contributed by atoms with Gasteiger partial charge in [0.15, 0.2) is 0 Å². The fourth-order valence-corrected chi connectivity index (χ4v) is 12.4. The minimum absolute atomic E-state index is 0.579. The van der Waals surface area contributed by atoms with Gasteiger partial charge in [0.25, 0.3) is 0 Å². The lowest BCUT2D eigenvalue weighted by molar-refractivity contribution is 0.651. The number of benzene rings is 8. The summed E-state index contributed by atoms with van der Waals surface area (Å²) in [6, 6.07) is 59.2. The maximum atomic E-state index is 6.56. The van der Waals surface area contributed by atoms with Crippen molar-refractivity contribution in [3.63, 3.8) is 0 Å². The Hall–Kier alpha value is -6.82. The van der Waals surface area contributed by atoms with Crippen LogP contribution in [0.2, 0.25) is 13.1 Å². The highest BCUT2D eigenvalue weighted by Crippen LogP contribution is 2.41. The van der Waals surface area contributed by atoms with Crippen LogP contribution in [0.5, 0.6) is 0 Å². The molecule has 0 fully saturated rings. The van der Waals surface area contributed by atoms with Crippen LogP contribution < -0.4 is 10.4 Å². The van der Waals surface area contributed by atoms with Crippen LogP contribution in [-0.2, 0) is 0 Å². The Kier molecular flexibility index (Phi) is 6.18. The van der Waals surface area contributed by atoms with Gasteiger partial charge in [-0.1, -0.05) is 140 Å². The van der Waals surface area contributed by atoms with Gasteiger partial charge in [-0.05, 0) is 90.6 Å². The summed E-state index contributed by atoms with van der Waals surface area (Å²) in [5, 5.41) is 12.1. The van der Waals surface area contributed by atoms with E-state index in [4.69, 9.17) is 14.4 Å². The van der Waals surface area contributed by atoms with Crippen molar-refractivity contribution in [2.45, 2.75) is 13.1 Å². The molecule has 1 aliphatic rings. The number of hydrogen-bond acceptors (Lipinski definition) is 3. The van der Waals surface area contributed by atoms with Crippen molar-refractivity contribution in [3.8, 4) is 39.5 Å². The SMILES string of the molecule is C[Si]1(C)c2ccccc2-c2c1ccc1cc3c4ccccc4n(-c4nc(-c5ccc6cc(-c7ccccc7)ccc6c5)c5c(n4)oc4ccccc45)c3cc21. The molecule has 4 nitrogen and oxygen atoms in total. The standard InChI is InChI=1S/C50H33N3OSi/c1-55(2)44-19-11-8-16-38(44)46-39-29-42-40(28-34(39)24-25-45(46)55)36-14-6-9-17-41(36)53(42)50-51-48(47-37-15-7-10-18-43(37)54-49(47)52-50)35-23-22-32-26-31(20-21-33(32)27-35)30-12-4-3-5-13-30/h3-29H,1-2H3. The third-order valence-electron chi connectivity index (χ3n) is 12.0. The molecule has 12 rings (SSSR count). The van der Waals surface area contributed by atoms with Crippen molar-refractivity contribution >= 4 is 83.9 Å². The highest BCUT2D eigenvalue weighted by Gasteiger charge is 2.38. The van der Waals surface area contributed by atoms with Crippen LogP contribution in [-0.4, -0.2) is 22.6 Å². The molecule has 8 aromatic carbocycles.